The van der Waals surface area contributed by atoms with Crippen LogP contribution >= 0.6 is 0 Å². The lowest BCUT2D eigenvalue weighted by Crippen LogP contribution is -2.56. The molecular formula is C17H29BN2O3Si. The van der Waals surface area contributed by atoms with Gasteiger partial charge < -0.3 is 19.0 Å². The van der Waals surface area contributed by atoms with Gasteiger partial charge in [0, 0.05) is 0 Å². The summed E-state index contributed by atoms with van der Waals surface area (Å²) in [6.45, 7) is 13.7. The molecule has 0 saturated carbocycles. The molecular weight excluding hydrogens is 319 g/mol. The summed E-state index contributed by atoms with van der Waals surface area (Å²) >= 11 is 0. The Kier molecular flexibility index (Phi) is 5.47. The molecule has 2 aromatic rings. The predicted octanol–water partition coefficient (Wildman–Crippen LogP) is 1.71. The molecule has 24 heavy (non-hydrogen) atoms. The van der Waals surface area contributed by atoms with Gasteiger partial charge in [0.05, 0.1) is 18.1 Å². The van der Waals surface area contributed by atoms with Gasteiger partial charge in [0.25, 0.3) is 0 Å². The van der Waals surface area contributed by atoms with E-state index < -0.39 is 15.4 Å². The highest BCUT2D eigenvalue weighted by Gasteiger charge is 2.45. The fourth-order valence-electron chi connectivity index (χ4n) is 4.56. The van der Waals surface area contributed by atoms with Crippen molar-refractivity contribution in [2.24, 2.45) is 0 Å². The highest BCUT2D eigenvalue weighted by Crippen LogP contribution is 2.44. The van der Waals surface area contributed by atoms with Crippen molar-refractivity contribution in [1.29, 1.82) is 0 Å². The van der Waals surface area contributed by atoms with Gasteiger partial charge in [0.15, 0.2) is 8.24 Å². The summed E-state index contributed by atoms with van der Waals surface area (Å²) < 4.78 is 7.49. The largest absolute Gasteiger partial charge is 1.00 e. The zero-order valence-corrected chi connectivity index (χ0v) is 16.7. The van der Waals surface area contributed by atoms with Crippen LogP contribution < -0.4 is 20.2 Å². The Labute approximate surface area is 148 Å². The minimum absolute atomic E-state index is 0. The number of ether oxygens (including phenoxy) is 1. The van der Waals surface area contributed by atoms with Gasteiger partial charge in [-0.25, -0.2) is 4.98 Å². The van der Waals surface area contributed by atoms with Gasteiger partial charge in [-0.05, 0) is 35.0 Å². The second-order valence-corrected chi connectivity index (χ2v) is 13.1. The van der Waals surface area contributed by atoms with Gasteiger partial charge >= 0.3 is 2.85 Å². The SMILES string of the molecule is COc1nc2ccn([Si](C(C)C)(C(C)C)C(C)C)c2cc1B([O-])[O-].[H+].[H+]. The van der Waals surface area contributed by atoms with Crippen LogP contribution in [-0.4, -0.2) is 31.7 Å². The normalized spacial score (nSPS) is 12.7. The van der Waals surface area contributed by atoms with E-state index in [1.807, 2.05) is 6.07 Å². The first-order chi connectivity index (χ1) is 11.2. The van der Waals surface area contributed by atoms with Crippen LogP contribution in [0.1, 0.15) is 44.4 Å². The zero-order chi connectivity index (χ0) is 18.2. The number of aromatic nitrogens is 2. The van der Waals surface area contributed by atoms with Crippen molar-refractivity contribution in [2.75, 3.05) is 7.11 Å². The Morgan fingerprint density at radius 3 is 2.08 bits per heavy atom. The van der Waals surface area contributed by atoms with Crippen molar-refractivity contribution in [1.82, 2.24) is 9.22 Å². The molecule has 0 atom stereocenters. The van der Waals surface area contributed by atoms with Crippen molar-refractivity contribution in [3.8, 4) is 5.88 Å². The average Bonchev–Trinajstić information content (AvgIpc) is 2.88. The fraction of sp³-hybridized carbons (Fsp3) is 0.588. The molecule has 0 amide bonds. The number of pyridine rings is 1. The van der Waals surface area contributed by atoms with Crippen molar-refractivity contribution in [3.63, 3.8) is 0 Å². The highest BCUT2D eigenvalue weighted by atomic mass is 28.3. The lowest BCUT2D eigenvalue weighted by atomic mass is 9.81. The Bertz CT molecular complexity index is 702. The van der Waals surface area contributed by atoms with Gasteiger partial charge in [0.1, 0.15) is 0 Å². The molecule has 0 bridgehead atoms. The molecule has 2 aromatic heterocycles. The summed E-state index contributed by atoms with van der Waals surface area (Å²) in [5.74, 6) is 0.140. The van der Waals surface area contributed by atoms with E-state index in [9.17, 15) is 10.0 Å². The summed E-state index contributed by atoms with van der Waals surface area (Å²) in [4.78, 5) is 4.41. The van der Waals surface area contributed by atoms with Gasteiger partial charge in [-0.15, -0.1) is 0 Å². The maximum Gasteiger partial charge on any atom is 1.00 e. The van der Waals surface area contributed by atoms with Crippen LogP contribution in [0.3, 0.4) is 0 Å². The zero-order valence-electron chi connectivity index (χ0n) is 17.7. The lowest BCUT2D eigenvalue weighted by Gasteiger charge is -2.44. The minimum Gasteiger partial charge on any atom is -0.889 e. The van der Waals surface area contributed by atoms with Crippen LogP contribution in [0.2, 0.25) is 16.6 Å². The third-order valence-corrected chi connectivity index (χ3v) is 12.1. The van der Waals surface area contributed by atoms with Gasteiger partial charge in [0.2, 0.25) is 5.88 Å². The molecule has 0 aromatic carbocycles. The van der Waals surface area contributed by atoms with Gasteiger partial charge in [-0.1, -0.05) is 54.1 Å². The first-order valence-electron chi connectivity index (χ1n) is 8.55. The number of rotatable bonds is 6. The van der Waals surface area contributed by atoms with Crippen molar-refractivity contribution < 1.29 is 17.6 Å². The second-order valence-electron chi connectivity index (χ2n) is 7.36. The maximum atomic E-state index is 11.6. The number of hydrogen-bond acceptors (Lipinski definition) is 4. The molecule has 0 aliphatic heterocycles. The van der Waals surface area contributed by atoms with Crippen LogP contribution in [-0.2, 0) is 0 Å². The number of methoxy groups -OCH3 is 1. The smallest absolute Gasteiger partial charge is 0.889 e. The number of nitrogens with zero attached hydrogens (tertiary/aromatic N) is 2. The molecule has 0 unspecified atom stereocenters. The maximum absolute atomic E-state index is 11.6. The summed E-state index contributed by atoms with van der Waals surface area (Å²) in [5, 5.41) is 23.1. The molecule has 0 N–H and O–H groups in total. The summed E-state index contributed by atoms with van der Waals surface area (Å²) in [7, 11) is -2.64. The summed E-state index contributed by atoms with van der Waals surface area (Å²) in [6, 6.07) is 3.65. The van der Waals surface area contributed by atoms with Gasteiger partial charge in [-0.3, -0.25) is 0 Å². The van der Waals surface area contributed by atoms with E-state index in [4.69, 9.17) is 4.74 Å². The fourth-order valence-corrected chi connectivity index (χ4v) is 11.2. The Morgan fingerprint density at radius 1 is 1.12 bits per heavy atom. The van der Waals surface area contributed by atoms with Crippen LogP contribution in [0.4, 0.5) is 0 Å². The van der Waals surface area contributed by atoms with E-state index in [2.05, 4.69) is 57.0 Å². The van der Waals surface area contributed by atoms with Crippen molar-refractivity contribution in [2.45, 2.75) is 58.2 Å². The Morgan fingerprint density at radius 2 is 1.67 bits per heavy atom. The molecule has 0 aliphatic carbocycles. The van der Waals surface area contributed by atoms with Crippen LogP contribution in [0.15, 0.2) is 18.3 Å². The summed E-state index contributed by atoms with van der Waals surface area (Å²) in [6.07, 6.45) is 2.08. The van der Waals surface area contributed by atoms with Crippen LogP contribution in [0.5, 0.6) is 5.88 Å². The van der Waals surface area contributed by atoms with E-state index >= 15 is 0 Å². The monoisotopic (exact) mass is 348 g/mol. The van der Waals surface area contributed by atoms with Crippen molar-refractivity contribution >= 4 is 31.9 Å². The average molecular weight is 348 g/mol. The van der Waals surface area contributed by atoms with Crippen LogP contribution in [0, 0.1) is 0 Å². The molecule has 5 nitrogen and oxygen atoms in total. The Hall–Kier alpha value is -1.31. The van der Waals surface area contributed by atoms with E-state index in [1.165, 1.54) is 7.11 Å². The third-order valence-electron chi connectivity index (χ3n) is 5.30. The van der Waals surface area contributed by atoms with E-state index in [0.29, 0.717) is 16.6 Å². The van der Waals surface area contributed by atoms with Crippen molar-refractivity contribution in [3.05, 3.63) is 18.3 Å². The quantitative estimate of drug-likeness (QED) is 0.745. The molecule has 0 spiro atoms. The molecule has 2 heterocycles. The predicted molar refractivity (Wildman–Crippen MR) is 100 cm³/mol. The molecule has 0 radical (unpaired) electrons. The van der Waals surface area contributed by atoms with Gasteiger partial charge in [-0.2, -0.15) is 0 Å². The van der Waals surface area contributed by atoms with E-state index in [1.54, 1.807) is 6.07 Å². The number of fused-ring (bicyclic) bond motifs is 1. The Balaban J connectivity index is 0.00000312. The lowest BCUT2D eigenvalue weighted by molar-refractivity contribution is -0.341. The first-order valence-corrected chi connectivity index (χ1v) is 10.7. The molecule has 0 aliphatic rings. The third kappa shape index (κ3) is 2.78. The molecule has 2 rings (SSSR count). The minimum atomic E-state index is -2.10. The van der Waals surface area contributed by atoms with Crippen LogP contribution in [0.25, 0.3) is 11.0 Å². The summed E-state index contributed by atoms with van der Waals surface area (Å²) in [5.41, 5.74) is 3.27. The molecule has 0 saturated heterocycles. The van der Waals surface area contributed by atoms with E-state index in [0.717, 1.165) is 11.0 Å². The van der Waals surface area contributed by atoms with E-state index in [-0.39, 0.29) is 14.2 Å². The topological polar surface area (TPSA) is 73.2 Å². The highest BCUT2D eigenvalue weighted by molar-refractivity contribution is 6.82. The molecule has 0 fully saturated rings. The standard InChI is InChI=1S/C17H27BN2O3Si/c1-11(2)24(12(3)4,13(5)6)20-9-8-15-16(20)10-14(18(21)22)17(19-15)23-7/h8-13H,1-7H3/q-2/p+2. The molecule has 7 heteroatoms. The molecule has 132 valence electrons. The second kappa shape index (κ2) is 6.90. The first kappa shape index (κ1) is 19.0. The number of hydrogen-bond donors (Lipinski definition) is 0.